The number of carbonyl (C=O) groups excluding carboxylic acids is 1. The molecule has 0 saturated heterocycles. The van der Waals surface area contributed by atoms with Crippen LogP contribution in [0.15, 0.2) is 48.7 Å². The molecule has 2 aliphatic carbocycles. The number of amides is 1. The number of hydrogen-bond donors (Lipinski definition) is 2. The van der Waals surface area contributed by atoms with Crippen LogP contribution in [0.3, 0.4) is 0 Å². The van der Waals surface area contributed by atoms with Crippen LogP contribution in [0.1, 0.15) is 79.6 Å². The summed E-state index contributed by atoms with van der Waals surface area (Å²) >= 11 is 0. The Balaban J connectivity index is 1.50. The third-order valence-electron chi connectivity index (χ3n) is 6.92. The summed E-state index contributed by atoms with van der Waals surface area (Å²) < 4.78 is 0. The number of aliphatic hydroxyl groups excluding tert-OH is 2. The zero-order valence-corrected chi connectivity index (χ0v) is 17.7. The lowest BCUT2D eigenvalue weighted by Gasteiger charge is -2.43. The molecule has 1 aromatic carbocycles. The molecule has 160 valence electrons. The molecule has 0 unspecified atom stereocenters. The molecule has 0 radical (unpaired) electrons. The van der Waals surface area contributed by atoms with Crippen molar-refractivity contribution in [3.05, 3.63) is 65.5 Å². The Morgan fingerprint density at radius 1 is 1.10 bits per heavy atom. The van der Waals surface area contributed by atoms with Crippen LogP contribution in [0.4, 0.5) is 0 Å². The Labute approximate surface area is 178 Å². The van der Waals surface area contributed by atoms with Gasteiger partial charge in [0.05, 0.1) is 6.10 Å². The van der Waals surface area contributed by atoms with Gasteiger partial charge in [0.25, 0.3) is 5.91 Å². The van der Waals surface area contributed by atoms with Crippen molar-refractivity contribution in [2.24, 2.45) is 0 Å². The summed E-state index contributed by atoms with van der Waals surface area (Å²) in [5, 5.41) is 19.4. The third-order valence-corrected chi connectivity index (χ3v) is 6.92. The molecular weight excluding hydrogens is 376 g/mol. The molecule has 2 fully saturated rings. The van der Waals surface area contributed by atoms with Crippen molar-refractivity contribution in [3.63, 3.8) is 0 Å². The predicted octanol–water partition coefficient (Wildman–Crippen LogP) is 4.00. The van der Waals surface area contributed by atoms with E-state index in [4.69, 9.17) is 0 Å². The van der Waals surface area contributed by atoms with E-state index >= 15 is 0 Å². The lowest BCUT2D eigenvalue weighted by molar-refractivity contribution is 0.0548. The van der Waals surface area contributed by atoms with Gasteiger partial charge in [-0.05, 0) is 81.7 Å². The highest BCUT2D eigenvalue weighted by molar-refractivity contribution is 5.95. The molecule has 5 nitrogen and oxygen atoms in total. The fourth-order valence-corrected chi connectivity index (χ4v) is 4.99. The largest absolute Gasteiger partial charge is 0.396 e. The van der Waals surface area contributed by atoms with E-state index in [2.05, 4.69) is 16.0 Å². The Kier molecular flexibility index (Phi) is 6.21. The third kappa shape index (κ3) is 4.28. The van der Waals surface area contributed by atoms with Gasteiger partial charge in [0.2, 0.25) is 0 Å². The van der Waals surface area contributed by atoms with E-state index < -0.39 is 6.10 Å². The van der Waals surface area contributed by atoms with Crippen LogP contribution in [0.5, 0.6) is 0 Å². The zero-order chi connectivity index (χ0) is 21.1. The van der Waals surface area contributed by atoms with Crippen molar-refractivity contribution in [2.75, 3.05) is 6.61 Å². The van der Waals surface area contributed by atoms with Gasteiger partial charge in [-0.2, -0.15) is 0 Å². The molecule has 2 aliphatic rings. The van der Waals surface area contributed by atoms with Crippen molar-refractivity contribution in [2.45, 2.75) is 75.5 Å². The minimum absolute atomic E-state index is 0.0936. The van der Waals surface area contributed by atoms with Crippen LogP contribution in [-0.2, 0) is 5.41 Å². The number of aliphatic hydroxyl groups is 2. The van der Waals surface area contributed by atoms with Crippen LogP contribution in [0.2, 0.25) is 0 Å². The molecule has 2 N–H and O–H groups in total. The van der Waals surface area contributed by atoms with Crippen LogP contribution >= 0.6 is 0 Å². The zero-order valence-electron chi connectivity index (χ0n) is 17.7. The molecule has 2 saturated carbocycles. The van der Waals surface area contributed by atoms with Crippen LogP contribution in [-0.4, -0.2) is 44.7 Å². The van der Waals surface area contributed by atoms with Gasteiger partial charge < -0.3 is 15.1 Å². The summed E-state index contributed by atoms with van der Waals surface area (Å²) in [7, 11) is 0. The highest BCUT2D eigenvalue weighted by Crippen LogP contribution is 2.44. The van der Waals surface area contributed by atoms with E-state index in [-0.39, 0.29) is 24.0 Å². The van der Waals surface area contributed by atoms with E-state index in [1.807, 2.05) is 42.6 Å². The van der Waals surface area contributed by atoms with Crippen molar-refractivity contribution in [1.29, 1.82) is 0 Å². The minimum Gasteiger partial charge on any atom is -0.396 e. The predicted molar refractivity (Wildman–Crippen MR) is 116 cm³/mol. The summed E-state index contributed by atoms with van der Waals surface area (Å²) in [5.74, 6) is 0.104. The summed E-state index contributed by atoms with van der Waals surface area (Å²) in [6, 6.07) is 14.0. The number of rotatable bonds is 7. The van der Waals surface area contributed by atoms with E-state index in [1.165, 1.54) is 0 Å². The quantitative estimate of drug-likeness (QED) is 0.726. The second-order valence-electron chi connectivity index (χ2n) is 8.94. The highest BCUT2D eigenvalue weighted by Gasteiger charge is 2.43. The average Bonchev–Trinajstić information content (AvgIpc) is 3.61. The smallest absolute Gasteiger partial charge is 0.254 e. The van der Waals surface area contributed by atoms with Gasteiger partial charge >= 0.3 is 0 Å². The summed E-state index contributed by atoms with van der Waals surface area (Å²) in [5.41, 5.74) is 2.49. The van der Waals surface area contributed by atoms with E-state index in [1.54, 1.807) is 6.92 Å². The number of nitrogens with zero attached hydrogens (tertiary/aromatic N) is 2. The molecule has 5 heteroatoms. The topological polar surface area (TPSA) is 73.7 Å². The fraction of sp³-hybridized carbons (Fsp3) is 0.520. The van der Waals surface area contributed by atoms with Crippen molar-refractivity contribution in [3.8, 4) is 0 Å². The molecule has 0 aliphatic heterocycles. The van der Waals surface area contributed by atoms with Gasteiger partial charge in [-0.1, -0.05) is 18.2 Å². The fourth-order valence-electron chi connectivity index (χ4n) is 4.99. The Hall–Kier alpha value is -2.24. The Morgan fingerprint density at radius 2 is 1.77 bits per heavy atom. The van der Waals surface area contributed by atoms with Gasteiger partial charge in [0.15, 0.2) is 0 Å². The molecule has 0 bridgehead atoms. The number of carbonyl (C=O) groups is 1. The molecular formula is C25H32N2O3. The first-order valence-electron chi connectivity index (χ1n) is 11.2. The van der Waals surface area contributed by atoms with Crippen LogP contribution < -0.4 is 0 Å². The van der Waals surface area contributed by atoms with Gasteiger partial charge in [0, 0.05) is 41.6 Å². The van der Waals surface area contributed by atoms with E-state index in [9.17, 15) is 15.0 Å². The minimum atomic E-state index is -0.529. The van der Waals surface area contributed by atoms with Gasteiger partial charge in [-0.25, -0.2) is 0 Å². The molecule has 1 amide bonds. The average molecular weight is 409 g/mol. The van der Waals surface area contributed by atoms with Gasteiger partial charge in [-0.15, -0.1) is 0 Å². The SMILES string of the molecule is C[C@@H](O)c1ccc(C(=O)N(C2CC2)[C@H]2CC[C@](CCO)(c3ccccn3)CC2)cc1. The first kappa shape index (κ1) is 21.0. The van der Waals surface area contributed by atoms with Crippen molar-refractivity contribution >= 4 is 5.91 Å². The maximum atomic E-state index is 13.4. The van der Waals surface area contributed by atoms with Gasteiger partial charge in [0.1, 0.15) is 0 Å². The molecule has 1 atom stereocenters. The summed E-state index contributed by atoms with van der Waals surface area (Å²) in [6.07, 6.45) is 7.92. The normalized spacial score (nSPS) is 25.0. The molecule has 0 spiro atoms. The molecule has 1 heterocycles. The van der Waals surface area contributed by atoms with E-state index in [0.717, 1.165) is 56.2 Å². The maximum absolute atomic E-state index is 13.4. The number of aromatic nitrogens is 1. The van der Waals surface area contributed by atoms with Crippen LogP contribution in [0.25, 0.3) is 0 Å². The lowest BCUT2D eigenvalue weighted by Crippen LogP contribution is -2.47. The molecule has 1 aromatic heterocycles. The lowest BCUT2D eigenvalue weighted by atomic mass is 9.68. The standard InChI is InChI=1S/C25H32N2O3/c1-18(29)19-5-7-20(8-6-19)24(30)27(21-9-10-21)22-11-13-25(14-12-22,15-17-28)23-4-2-3-16-26-23/h2-8,16,18,21-22,28-29H,9-15,17H2,1H3/t18-,22-,25-/m1/s1. The number of hydrogen-bond acceptors (Lipinski definition) is 4. The maximum Gasteiger partial charge on any atom is 0.254 e. The monoisotopic (exact) mass is 408 g/mol. The second kappa shape index (κ2) is 8.86. The molecule has 2 aromatic rings. The molecule has 30 heavy (non-hydrogen) atoms. The Bertz CT molecular complexity index is 838. The highest BCUT2D eigenvalue weighted by atomic mass is 16.3. The summed E-state index contributed by atoms with van der Waals surface area (Å²) in [4.78, 5) is 20.1. The van der Waals surface area contributed by atoms with Crippen molar-refractivity contribution in [1.82, 2.24) is 9.88 Å². The number of pyridine rings is 1. The van der Waals surface area contributed by atoms with E-state index in [0.29, 0.717) is 11.6 Å². The first-order valence-corrected chi connectivity index (χ1v) is 11.2. The Morgan fingerprint density at radius 3 is 2.30 bits per heavy atom. The summed E-state index contributed by atoms with van der Waals surface area (Å²) in [6.45, 7) is 1.89. The first-order chi connectivity index (χ1) is 14.5. The van der Waals surface area contributed by atoms with Crippen LogP contribution in [0, 0.1) is 0 Å². The second-order valence-corrected chi connectivity index (χ2v) is 8.94. The van der Waals surface area contributed by atoms with Crippen molar-refractivity contribution < 1.29 is 15.0 Å². The number of benzene rings is 1. The van der Waals surface area contributed by atoms with Gasteiger partial charge in [-0.3, -0.25) is 9.78 Å². The molecule has 4 rings (SSSR count).